The van der Waals surface area contributed by atoms with Crippen LogP contribution in [-0.2, 0) is 6.54 Å². The van der Waals surface area contributed by atoms with E-state index in [0.29, 0.717) is 17.6 Å². The van der Waals surface area contributed by atoms with E-state index in [0.717, 1.165) is 62.2 Å². The molecule has 2 fully saturated rings. The van der Waals surface area contributed by atoms with Crippen LogP contribution in [0, 0.1) is 0 Å². The predicted molar refractivity (Wildman–Crippen MR) is 160 cm³/mol. The molecule has 0 saturated carbocycles. The number of hydrogen-bond acceptors (Lipinski definition) is 7. The number of methoxy groups -OCH3 is 1. The quantitative estimate of drug-likeness (QED) is 0.423. The van der Waals surface area contributed by atoms with E-state index in [4.69, 9.17) is 26.9 Å². The van der Waals surface area contributed by atoms with Crippen molar-refractivity contribution in [3.8, 4) is 5.75 Å². The van der Waals surface area contributed by atoms with Crippen molar-refractivity contribution in [1.82, 2.24) is 15.3 Å². The lowest BCUT2D eigenvalue weighted by molar-refractivity contribution is 0.414. The minimum atomic E-state index is 0.508. The van der Waals surface area contributed by atoms with Crippen LogP contribution in [0.5, 0.6) is 5.75 Å². The summed E-state index contributed by atoms with van der Waals surface area (Å²) in [6.07, 6.45) is 4.94. The molecule has 2 aromatic carbocycles. The third kappa shape index (κ3) is 6.83. The lowest BCUT2D eigenvalue weighted by Crippen LogP contribution is -2.47. The summed E-state index contributed by atoms with van der Waals surface area (Å²) in [6, 6.07) is 20.7. The summed E-state index contributed by atoms with van der Waals surface area (Å²) >= 11 is 5.61. The molecule has 9 heteroatoms. The smallest absolute Gasteiger partial charge is 0.232 e. The maximum atomic E-state index is 5.61. The second-order valence-corrected chi connectivity index (χ2v) is 10.2. The van der Waals surface area contributed by atoms with E-state index >= 15 is 0 Å². The molecule has 8 nitrogen and oxygen atoms in total. The fourth-order valence-electron chi connectivity index (χ4n) is 5.01. The Balaban J connectivity index is 1.28. The van der Waals surface area contributed by atoms with Gasteiger partial charge in [-0.15, -0.1) is 0 Å². The van der Waals surface area contributed by atoms with Gasteiger partial charge in [-0.2, -0.15) is 9.97 Å². The molecule has 2 aliphatic heterocycles. The van der Waals surface area contributed by atoms with Crippen LogP contribution in [0.2, 0.25) is 0 Å². The van der Waals surface area contributed by atoms with E-state index in [-0.39, 0.29) is 0 Å². The molecule has 0 radical (unpaired) electrons. The van der Waals surface area contributed by atoms with Gasteiger partial charge < -0.3 is 30.1 Å². The van der Waals surface area contributed by atoms with E-state index in [9.17, 15) is 0 Å². The van der Waals surface area contributed by atoms with Crippen LogP contribution in [0.3, 0.4) is 0 Å². The van der Waals surface area contributed by atoms with Crippen LogP contribution in [0.1, 0.15) is 31.2 Å². The molecule has 2 aliphatic rings. The van der Waals surface area contributed by atoms with Crippen molar-refractivity contribution in [3.05, 3.63) is 66.2 Å². The summed E-state index contributed by atoms with van der Waals surface area (Å²) in [5.74, 6) is 3.31. The van der Waals surface area contributed by atoms with Gasteiger partial charge in [-0.25, -0.2) is 0 Å². The molecule has 0 amide bonds. The Bertz CT molecular complexity index is 1180. The molecular weight excluding hydrogens is 494 g/mol. The monoisotopic (exact) mass is 531 g/mol. The number of benzene rings is 2. The molecule has 2 N–H and O–H groups in total. The summed E-state index contributed by atoms with van der Waals surface area (Å²) in [5, 5.41) is 7.04. The van der Waals surface area contributed by atoms with Gasteiger partial charge in [-0.1, -0.05) is 43.2 Å². The van der Waals surface area contributed by atoms with E-state index in [1.807, 2.05) is 24.3 Å². The molecule has 5 rings (SSSR count). The van der Waals surface area contributed by atoms with Crippen LogP contribution in [0.4, 0.5) is 23.3 Å². The van der Waals surface area contributed by atoms with Gasteiger partial charge in [-0.05, 0) is 54.9 Å². The number of aromatic nitrogens is 2. The fourth-order valence-corrected chi connectivity index (χ4v) is 5.17. The molecule has 38 heavy (non-hydrogen) atoms. The molecule has 2 saturated heterocycles. The average molecular weight is 532 g/mol. The maximum absolute atomic E-state index is 5.61. The molecule has 0 spiro atoms. The molecule has 0 unspecified atom stereocenters. The largest absolute Gasteiger partial charge is 0.497 e. The van der Waals surface area contributed by atoms with Gasteiger partial charge in [0.2, 0.25) is 5.95 Å². The van der Waals surface area contributed by atoms with E-state index in [2.05, 4.69) is 61.7 Å². The number of anilines is 4. The first-order valence-corrected chi connectivity index (χ1v) is 14.0. The molecule has 0 aliphatic carbocycles. The molecule has 0 atom stereocenters. The van der Waals surface area contributed by atoms with Crippen molar-refractivity contribution >= 4 is 40.6 Å². The number of piperazine rings is 1. The van der Waals surface area contributed by atoms with Crippen molar-refractivity contribution in [3.63, 3.8) is 0 Å². The van der Waals surface area contributed by atoms with Gasteiger partial charge in [0.25, 0.3) is 0 Å². The number of para-hydroxylation sites is 1. The third-order valence-electron chi connectivity index (χ3n) is 7.19. The first kappa shape index (κ1) is 26.0. The molecular formula is C29H37N7OS. The molecule has 0 bridgehead atoms. The van der Waals surface area contributed by atoms with Crippen molar-refractivity contribution in [2.24, 2.45) is 0 Å². The number of nitrogens with one attached hydrogen (secondary N) is 2. The van der Waals surface area contributed by atoms with E-state index < -0.39 is 0 Å². The van der Waals surface area contributed by atoms with Crippen molar-refractivity contribution < 1.29 is 4.74 Å². The highest BCUT2D eigenvalue weighted by atomic mass is 32.1. The zero-order valence-electron chi connectivity index (χ0n) is 22.1. The highest BCUT2D eigenvalue weighted by molar-refractivity contribution is 7.80. The molecule has 1 aromatic heterocycles. The SMILES string of the molecule is COc1ccc(CNC(=S)Nc2nc(N3CCCCCC3)cc(N3CCN(c4ccccc4)CC3)n2)cc1. The summed E-state index contributed by atoms with van der Waals surface area (Å²) in [7, 11) is 1.67. The van der Waals surface area contributed by atoms with Crippen LogP contribution >= 0.6 is 12.2 Å². The van der Waals surface area contributed by atoms with Crippen LogP contribution in [0.25, 0.3) is 0 Å². The summed E-state index contributed by atoms with van der Waals surface area (Å²) < 4.78 is 5.25. The normalized spacial score (nSPS) is 16.1. The zero-order valence-corrected chi connectivity index (χ0v) is 22.9. The van der Waals surface area contributed by atoms with Gasteiger partial charge in [0.1, 0.15) is 17.4 Å². The third-order valence-corrected chi connectivity index (χ3v) is 7.44. The Morgan fingerprint density at radius 3 is 2.03 bits per heavy atom. The summed E-state index contributed by atoms with van der Waals surface area (Å²) in [5.41, 5.74) is 2.39. The fraction of sp³-hybridized carbons (Fsp3) is 0.414. The second kappa shape index (κ2) is 12.8. The van der Waals surface area contributed by atoms with Crippen molar-refractivity contribution in [2.75, 3.05) is 66.4 Å². The Morgan fingerprint density at radius 2 is 1.39 bits per heavy atom. The Hall–Kier alpha value is -3.59. The Labute approximate surface area is 231 Å². The van der Waals surface area contributed by atoms with Crippen LogP contribution < -0.4 is 30.1 Å². The number of nitrogens with zero attached hydrogens (tertiary/aromatic N) is 5. The zero-order chi connectivity index (χ0) is 26.2. The predicted octanol–water partition coefficient (Wildman–Crippen LogP) is 4.68. The first-order valence-electron chi connectivity index (χ1n) is 13.5. The van der Waals surface area contributed by atoms with Crippen LogP contribution in [0.15, 0.2) is 60.7 Å². The Kier molecular flexibility index (Phi) is 8.75. The minimum absolute atomic E-state index is 0.508. The van der Waals surface area contributed by atoms with Gasteiger partial charge in [0, 0.05) is 57.6 Å². The van der Waals surface area contributed by atoms with E-state index in [1.54, 1.807) is 7.11 Å². The molecule has 200 valence electrons. The lowest BCUT2D eigenvalue weighted by atomic mass is 10.2. The van der Waals surface area contributed by atoms with Crippen molar-refractivity contribution in [2.45, 2.75) is 32.2 Å². The first-order chi connectivity index (χ1) is 18.7. The average Bonchev–Trinajstić information content (AvgIpc) is 3.27. The highest BCUT2D eigenvalue weighted by Crippen LogP contribution is 2.26. The van der Waals surface area contributed by atoms with Crippen molar-refractivity contribution in [1.29, 1.82) is 0 Å². The number of rotatable bonds is 7. The van der Waals surface area contributed by atoms with Gasteiger partial charge in [-0.3, -0.25) is 0 Å². The number of hydrogen-bond donors (Lipinski definition) is 2. The summed E-state index contributed by atoms with van der Waals surface area (Å²) in [4.78, 5) is 17.0. The molecule has 3 heterocycles. The standard InChI is InChI=1S/C29H37N7OS/c1-37-25-13-11-23(12-14-25)22-30-29(38)33-28-31-26(35-15-7-2-3-8-16-35)21-27(32-28)36-19-17-34(18-20-36)24-9-5-4-6-10-24/h4-6,9-14,21H,2-3,7-8,15-20,22H2,1H3,(H2,30,31,32,33,38). The van der Waals surface area contributed by atoms with Gasteiger partial charge in [0.05, 0.1) is 7.11 Å². The topological polar surface area (TPSA) is 68.8 Å². The summed E-state index contributed by atoms with van der Waals surface area (Å²) in [6.45, 7) is 6.39. The maximum Gasteiger partial charge on any atom is 0.232 e. The Morgan fingerprint density at radius 1 is 0.789 bits per heavy atom. The molecule has 3 aromatic rings. The van der Waals surface area contributed by atoms with E-state index in [1.165, 1.54) is 31.4 Å². The van der Waals surface area contributed by atoms with Gasteiger partial charge >= 0.3 is 0 Å². The highest BCUT2D eigenvalue weighted by Gasteiger charge is 2.21. The number of ether oxygens (including phenoxy) is 1. The second-order valence-electron chi connectivity index (χ2n) is 9.77. The lowest BCUT2D eigenvalue weighted by Gasteiger charge is -2.37. The van der Waals surface area contributed by atoms with Crippen LogP contribution in [-0.4, -0.2) is 61.5 Å². The van der Waals surface area contributed by atoms with Gasteiger partial charge in [0.15, 0.2) is 5.11 Å². The minimum Gasteiger partial charge on any atom is -0.497 e. The number of thiocarbonyl (C=S) groups is 1.